The number of carbonyl (C=O) groups excluding carboxylic acids is 1. The molecule has 2 aromatic carbocycles. The Hall–Kier alpha value is -2.69. The highest BCUT2D eigenvalue weighted by atomic mass is 19.1. The third-order valence-corrected chi connectivity index (χ3v) is 3.17. The maximum absolute atomic E-state index is 13.2. The number of rotatable bonds is 2. The highest BCUT2D eigenvalue weighted by Gasteiger charge is 2.12. The first-order chi connectivity index (χ1) is 9.65. The van der Waals surface area contributed by atoms with E-state index in [9.17, 15) is 9.18 Å². The number of fused-ring (bicyclic) bond motifs is 1. The van der Waals surface area contributed by atoms with Crippen LogP contribution in [0.15, 0.2) is 42.6 Å². The molecule has 0 saturated heterocycles. The van der Waals surface area contributed by atoms with E-state index in [4.69, 9.17) is 0 Å². The summed E-state index contributed by atoms with van der Waals surface area (Å²) in [6, 6.07) is 9.64. The van der Waals surface area contributed by atoms with Gasteiger partial charge in [-0.25, -0.2) is 4.39 Å². The fourth-order valence-electron chi connectivity index (χ4n) is 2.08. The molecule has 3 rings (SSSR count). The second-order valence-corrected chi connectivity index (χ2v) is 4.55. The van der Waals surface area contributed by atoms with E-state index >= 15 is 0 Å². The minimum atomic E-state index is -0.384. The molecule has 4 nitrogen and oxygen atoms in total. The molecule has 0 saturated carbocycles. The van der Waals surface area contributed by atoms with Gasteiger partial charge in [0.05, 0.1) is 17.3 Å². The molecule has 0 aliphatic rings. The Kier molecular flexibility index (Phi) is 2.95. The van der Waals surface area contributed by atoms with E-state index in [0.717, 1.165) is 10.9 Å². The predicted molar refractivity (Wildman–Crippen MR) is 75.2 cm³/mol. The van der Waals surface area contributed by atoms with Crippen LogP contribution < -0.4 is 5.32 Å². The zero-order valence-corrected chi connectivity index (χ0v) is 10.8. The monoisotopic (exact) mass is 269 g/mol. The molecule has 0 atom stereocenters. The molecule has 20 heavy (non-hydrogen) atoms. The van der Waals surface area contributed by atoms with Gasteiger partial charge in [0.25, 0.3) is 5.91 Å². The standard InChI is InChI=1S/C15H12FN3O/c1-9-5-6-11(16)7-13(9)18-15(20)12-4-2-3-10-8-17-19-14(10)12/h2-8H,1H3,(H,17,19)(H,18,20). The van der Waals surface area contributed by atoms with E-state index in [1.165, 1.54) is 12.1 Å². The van der Waals surface area contributed by atoms with Crippen LogP contribution in [0.3, 0.4) is 0 Å². The van der Waals surface area contributed by atoms with E-state index < -0.39 is 0 Å². The molecular formula is C15H12FN3O. The average molecular weight is 269 g/mol. The van der Waals surface area contributed by atoms with Crippen molar-refractivity contribution in [1.82, 2.24) is 10.2 Å². The van der Waals surface area contributed by atoms with Crippen LogP contribution in [0.4, 0.5) is 10.1 Å². The first kappa shape index (κ1) is 12.3. The normalized spacial score (nSPS) is 10.7. The Balaban J connectivity index is 1.97. The largest absolute Gasteiger partial charge is 0.322 e. The molecule has 0 bridgehead atoms. The van der Waals surface area contributed by atoms with Crippen molar-refractivity contribution in [3.63, 3.8) is 0 Å². The summed E-state index contributed by atoms with van der Waals surface area (Å²) >= 11 is 0. The number of carbonyl (C=O) groups is 1. The maximum atomic E-state index is 13.2. The van der Waals surface area contributed by atoms with Crippen LogP contribution in [0.25, 0.3) is 10.9 Å². The quantitative estimate of drug-likeness (QED) is 0.750. The van der Waals surface area contributed by atoms with Gasteiger partial charge in [-0.05, 0) is 30.7 Å². The third-order valence-electron chi connectivity index (χ3n) is 3.17. The first-order valence-electron chi connectivity index (χ1n) is 6.15. The van der Waals surface area contributed by atoms with Gasteiger partial charge >= 0.3 is 0 Å². The minimum Gasteiger partial charge on any atom is -0.322 e. The molecule has 0 unspecified atom stereocenters. The van der Waals surface area contributed by atoms with Crippen LogP contribution in [-0.4, -0.2) is 16.1 Å². The summed E-state index contributed by atoms with van der Waals surface area (Å²) in [6.07, 6.45) is 1.65. The van der Waals surface area contributed by atoms with Crippen molar-refractivity contribution in [2.24, 2.45) is 0 Å². The second kappa shape index (κ2) is 4.77. The van der Waals surface area contributed by atoms with Crippen LogP contribution >= 0.6 is 0 Å². The van der Waals surface area contributed by atoms with Gasteiger partial charge in [0.15, 0.2) is 0 Å². The molecule has 1 amide bonds. The molecule has 5 heteroatoms. The van der Waals surface area contributed by atoms with Gasteiger partial charge in [-0.3, -0.25) is 9.89 Å². The highest BCUT2D eigenvalue weighted by molar-refractivity contribution is 6.12. The molecule has 0 fully saturated rings. The summed E-state index contributed by atoms with van der Waals surface area (Å²) in [4.78, 5) is 12.3. The fraction of sp³-hybridized carbons (Fsp3) is 0.0667. The predicted octanol–water partition coefficient (Wildman–Crippen LogP) is 3.26. The van der Waals surface area contributed by atoms with Crippen molar-refractivity contribution in [1.29, 1.82) is 0 Å². The van der Waals surface area contributed by atoms with E-state index in [1.807, 2.05) is 13.0 Å². The number of nitrogens with zero attached hydrogens (tertiary/aromatic N) is 1. The number of aromatic nitrogens is 2. The zero-order chi connectivity index (χ0) is 14.1. The van der Waals surface area contributed by atoms with Gasteiger partial charge in [-0.15, -0.1) is 0 Å². The lowest BCUT2D eigenvalue weighted by Crippen LogP contribution is -2.13. The van der Waals surface area contributed by atoms with Gasteiger partial charge < -0.3 is 5.32 Å². The van der Waals surface area contributed by atoms with Crippen LogP contribution in [0.1, 0.15) is 15.9 Å². The topological polar surface area (TPSA) is 57.8 Å². The van der Waals surface area contributed by atoms with Crippen molar-refractivity contribution >= 4 is 22.5 Å². The fourth-order valence-corrected chi connectivity index (χ4v) is 2.08. The number of anilines is 1. The molecule has 1 heterocycles. The lowest BCUT2D eigenvalue weighted by atomic mass is 10.1. The number of hydrogen-bond acceptors (Lipinski definition) is 2. The Morgan fingerprint density at radius 3 is 3.00 bits per heavy atom. The van der Waals surface area contributed by atoms with Crippen LogP contribution in [0.5, 0.6) is 0 Å². The maximum Gasteiger partial charge on any atom is 0.257 e. The summed E-state index contributed by atoms with van der Waals surface area (Å²) in [6.45, 7) is 1.81. The number of benzene rings is 2. The number of aromatic amines is 1. The number of nitrogens with one attached hydrogen (secondary N) is 2. The van der Waals surface area contributed by atoms with E-state index in [0.29, 0.717) is 16.8 Å². The van der Waals surface area contributed by atoms with Crippen molar-refractivity contribution in [2.45, 2.75) is 6.92 Å². The van der Waals surface area contributed by atoms with E-state index in [1.54, 1.807) is 24.4 Å². The number of aryl methyl sites for hydroxylation is 1. The lowest BCUT2D eigenvalue weighted by molar-refractivity contribution is 0.102. The SMILES string of the molecule is Cc1ccc(F)cc1NC(=O)c1cccc2cn[nH]c12. The molecular weight excluding hydrogens is 257 g/mol. The molecule has 3 aromatic rings. The average Bonchev–Trinajstić information content (AvgIpc) is 2.91. The van der Waals surface area contributed by atoms with Gasteiger partial charge in [0.1, 0.15) is 5.82 Å². The van der Waals surface area contributed by atoms with Crippen molar-refractivity contribution in [3.8, 4) is 0 Å². The summed E-state index contributed by atoms with van der Waals surface area (Å²) in [7, 11) is 0. The zero-order valence-electron chi connectivity index (χ0n) is 10.8. The molecule has 2 N–H and O–H groups in total. The summed E-state index contributed by atoms with van der Waals surface area (Å²) in [5.41, 5.74) is 2.41. The van der Waals surface area contributed by atoms with Crippen LogP contribution in [-0.2, 0) is 0 Å². The Morgan fingerprint density at radius 1 is 1.30 bits per heavy atom. The smallest absolute Gasteiger partial charge is 0.257 e. The Bertz CT molecular complexity index is 795. The van der Waals surface area contributed by atoms with E-state index in [2.05, 4.69) is 15.5 Å². The number of hydrogen-bond donors (Lipinski definition) is 2. The Morgan fingerprint density at radius 2 is 2.15 bits per heavy atom. The summed E-state index contributed by atoms with van der Waals surface area (Å²) in [5, 5.41) is 10.3. The minimum absolute atomic E-state index is 0.298. The molecule has 0 spiro atoms. The molecule has 100 valence electrons. The van der Waals surface area contributed by atoms with Gasteiger partial charge in [0, 0.05) is 11.1 Å². The van der Waals surface area contributed by atoms with Crippen molar-refractivity contribution in [3.05, 3.63) is 59.5 Å². The third kappa shape index (κ3) is 2.14. The van der Waals surface area contributed by atoms with E-state index in [-0.39, 0.29) is 11.7 Å². The van der Waals surface area contributed by atoms with Gasteiger partial charge in [0.2, 0.25) is 0 Å². The van der Waals surface area contributed by atoms with Crippen molar-refractivity contribution < 1.29 is 9.18 Å². The number of halogens is 1. The number of para-hydroxylation sites is 1. The van der Waals surface area contributed by atoms with Gasteiger partial charge in [-0.1, -0.05) is 18.2 Å². The number of amides is 1. The molecule has 1 aromatic heterocycles. The van der Waals surface area contributed by atoms with Crippen molar-refractivity contribution in [2.75, 3.05) is 5.32 Å². The highest BCUT2D eigenvalue weighted by Crippen LogP contribution is 2.20. The summed E-state index contributed by atoms with van der Waals surface area (Å²) in [5.74, 6) is -0.681. The Labute approximate surface area is 114 Å². The molecule has 0 aliphatic carbocycles. The number of H-pyrrole nitrogens is 1. The molecule has 0 radical (unpaired) electrons. The first-order valence-corrected chi connectivity index (χ1v) is 6.15. The van der Waals surface area contributed by atoms with Crippen LogP contribution in [0.2, 0.25) is 0 Å². The second-order valence-electron chi connectivity index (χ2n) is 4.55. The molecule has 0 aliphatic heterocycles. The summed E-state index contributed by atoms with van der Waals surface area (Å²) < 4.78 is 13.2. The lowest BCUT2D eigenvalue weighted by Gasteiger charge is -2.09. The van der Waals surface area contributed by atoms with Gasteiger partial charge in [-0.2, -0.15) is 5.10 Å². The van der Waals surface area contributed by atoms with Crippen LogP contribution in [0, 0.1) is 12.7 Å².